The van der Waals surface area contributed by atoms with E-state index in [1.54, 1.807) is 6.07 Å². The zero-order chi connectivity index (χ0) is 13.9. The number of nitrogens with two attached hydrogens (primary N) is 1. The number of hydrogen-bond donors (Lipinski definition) is 2. The lowest BCUT2D eigenvalue weighted by atomic mass is 9.76. The van der Waals surface area contributed by atoms with Crippen LogP contribution < -0.4 is 11.1 Å². The van der Waals surface area contributed by atoms with Gasteiger partial charge in [-0.2, -0.15) is 0 Å². The molecular weight excluding hydrogens is 253 g/mol. The second-order valence-corrected chi connectivity index (χ2v) is 5.98. The van der Waals surface area contributed by atoms with Gasteiger partial charge < -0.3 is 11.1 Å². The van der Waals surface area contributed by atoms with Crippen LogP contribution in [0.2, 0.25) is 0 Å². The van der Waals surface area contributed by atoms with E-state index >= 15 is 0 Å². The van der Waals surface area contributed by atoms with Crippen LogP contribution >= 0.6 is 0 Å². The zero-order valence-corrected chi connectivity index (χ0v) is 11.7. The van der Waals surface area contributed by atoms with Gasteiger partial charge in [-0.15, -0.1) is 0 Å². The van der Waals surface area contributed by atoms with E-state index in [9.17, 15) is 4.39 Å². The van der Waals surface area contributed by atoms with Gasteiger partial charge in [-0.05, 0) is 43.2 Å². The minimum Gasteiger partial charge on any atom is -0.370 e. The average molecular weight is 275 g/mol. The van der Waals surface area contributed by atoms with Crippen LogP contribution in [0.3, 0.4) is 0 Å². The lowest BCUT2D eigenvalue weighted by molar-refractivity contribution is 0.316. The number of aliphatic imine (C=N–C) groups is 1. The van der Waals surface area contributed by atoms with Crippen molar-refractivity contribution < 1.29 is 4.39 Å². The number of nitrogens with one attached hydrogen (secondary N) is 1. The number of guanidine groups is 1. The number of rotatable bonds is 3. The highest BCUT2D eigenvalue weighted by molar-refractivity contribution is 5.78. The van der Waals surface area contributed by atoms with Crippen LogP contribution in [-0.4, -0.2) is 18.0 Å². The van der Waals surface area contributed by atoms with E-state index in [-0.39, 0.29) is 5.82 Å². The molecule has 0 radical (unpaired) electrons. The molecule has 4 heteroatoms. The second-order valence-electron chi connectivity index (χ2n) is 5.98. The highest BCUT2D eigenvalue weighted by Crippen LogP contribution is 2.37. The van der Waals surface area contributed by atoms with Crippen molar-refractivity contribution in [3.05, 3.63) is 35.6 Å². The summed E-state index contributed by atoms with van der Waals surface area (Å²) in [5, 5.41) is 3.27. The summed E-state index contributed by atoms with van der Waals surface area (Å²) < 4.78 is 13.7. The fourth-order valence-corrected chi connectivity index (χ4v) is 3.27. The zero-order valence-electron chi connectivity index (χ0n) is 11.7. The Balaban J connectivity index is 1.49. The van der Waals surface area contributed by atoms with Gasteiger partial charge in [0, 0.05) is 6.04 Å². The standard InChI is InChI=1S/C16H22FN3/c17-15-8-4-3-7-14(15)11-9-13(10-11)20-16(18)19-12-5-1-2-6-12/h3-4,7-8,11-13H,1-2,5-6,9-10H2,(H3,18,19,20). The molecule has 0 spiro atoms. The molecule has 2 aliphatic carbocycles. The first kappa shape index (κ1) is 13.4. The molecule has 20 heavy (non-hydrogen) atoms. The molecule has 0 atom stereocenters. The second kappa shape index (κ2) is 5.81. The Morgan fingerprint density at radius 3 is 2.60 bits per heavy atom. The summed E-state index contributed by atoms with van der Waals surface area (Å²) in [4.78, 5) is 4.52. The monoisotopic (exact) mass is 275 g/mol. The Bertz CT molecular complexity index is 488. The van der Waals surface area contributed by atoms with Gasteiger partial charge in [-0.1, -0.05) is 31.0 Å². The van der Waals surface area contributed by atoms with E-state index < -0.39 is 0 Å². The van der Waals surface area contributed by atoms with Crippen LogP contribution in [-0.2, 0) is 0 Å². The maximum absolute atomic E-state index is 13.7. The van der Waals surface area contributed by atoms with E-state index in [4.69, 9.17) is 5.73 Å². The fraction of sp³-hybridized carbons (Fsp3) is 0.562. The molecule has 2 aliphatic rings. The van der Waals surface area contributed by atoms with Gasteiger partial charge in [0.15, 0.2) is 5.96 Å². The Hall–Kier alpha value is -1.58. The van der Waals surface area contributed by atoms with Gasteiger partial charge in [0.2, 0.25) is 0 Å². The predicted octanol–water partition coefficient (Wildman–Crippen LogP) is 2.92. The van der Waals surface area contributed by atoms with Gasteiger partial charge in [0.1, 0.15) is 5.82 Å². The normalized spacial score (nSPS) is 27.4. The van der Waals surface area contributed by atoms with Gasteiger partial charge in [0.25, 0.3) is 0 Å². The van der Waals surface area contributed by atoms with Crippen LogP contribution in [0.4, 0.5) is 4.39 Å². The Kier molecular flexibility index (Phi) is 3.90. The van der Waals surface area contributed by atoms with Crippen LogP contribution in [0.15, 0.2) is 29.3 Å². The topological polar surface area (TPSA) is 50.4 Å². The summed E-state index contributed by atoms with van der Waals surface area (Å²) in [5.74, 6) is 0.783. The third-order valence-corrected chi connectivity index (χ3v) is 4.48. The molecule has 3 rings (SSSR count). The van der Waals surface area contributed by atoms with Crippen molar-refractivity contribution in [2.75, 3.05) is 0 Å². The van der Waals surface area contributed by atoms with Crippen molar-refractivity contribution in [3.8, 4) is 0 Å². The molecular formula is C16H22FN3. The molecule has 0 unspecified atom stereocenters. The van der Waals surface area contributed by atoms with Gasteiger partial charge in [0.05, 0.1) is 6.04 Å². The molecule has 1 aromatic rings. The molecule has 0 aliphatic heterocycles. The van der Waals surface area contributed by atoms with Gasteiger partial charge in [-0.3, -0.25) is 4.99 Å². The maximum atomic E-state index is 13.7. The van der Waals surface area contributed by atoms with E-state index in [2.05, 4.69) is 10.3 Å². The lowest BCUT2D eigenvalue weighted by Crippen LogP contribution is -2.47. The molecule has 0 amide bonds. The average Bonchev–Trinajstić information content (AvgIpc) is 2.87. The number of hydrogen-bond acceptors (Lipinski definition) is 1. The molecule has 0 heterocycles. The van der Waals surface area contributed by atoms with E-state index in [1.807, 2.05) is 12.1 Å². The Morgan fingerprint density at radius 2 is 1.90 bits per heavy atom. The molecule has 2 fully saturated rings. The Morgan fingerprint density at radius 1 is 1.20 bits per heavy atom. The number of benzene rings is 1. The third kappa shape index (κ3) is 2.94. The molecule has 3 nitrogen and oxygen atoms in total. The van der Waals surface area contributed by atoms with Crippen molar-refractivity contribution in [3.63, 3.8) is 0 Å². The van der Waals surface area contributed by atoms with Crippen molar-refractivity contribution in [1.29, 1.82) is 0 Å². The number of nitrogens with zero attached hydrogens (tertiary/aromatic N) is 1. The minimum absolute atomic E-state index is 0.0939. The van der Waals surface area contributed by atoms with Crippen LogP contribution in [0.1, 0.15) is 50.0 Å². The third-order valence-electron chi connectivity index (χ3n) is 4.48. The molecule has 108 valence electrons. The molecule has 0 saturated heterocycles. The van der Waals surface area contributed by atoms with E-state index in [1.165, 1.54) is 18.9 Å². The van der Waals surface area contributed by atoms with Crippen LogP contribution in [0, 0.1) is 5.82 Å². The van der Waals surface area contributed by atoms with Crippen LogP contribution in [0.5, 0.6) is 0 Å². The largest absolute Gasteiger partial charge is 0.370 e. The lowest BCUT2D eigenvalue weighted by Gasteiger charge is -2.36. The van der Waals surface area contributed by atoms with Crippen LogP contribution in [0.25, 0.3) is 0 Å². The van der Waals surface area contributed by atoms with Gasteiger partial charge in [-0.25, -0.2) is 4.39 Å². The van der Waals surface area contributed by atoms with E-state index in [0.29, 0.717) is 24.0 Å². The summed E-state index contributed by atoms with van der Waals surface area (Å²) >= 11 is 0. The van der Waals surface area contributed by atoms with Crippen molar-refractivity contribution in [2.24, 2.45) is 10.7 Å². The molecule has 0 bridgehead atoms. The summed E-state index contributed by atoms with van der Waals surface area (Å²) in [6.07, 6.45) is 6.71. The molecule has 1 aromatic carbocycles. The SMILES string of the molecule is NC(=NC1CCCC1)NC1CC(c2ccccc2F)C1. The van der Waals surface area contributed by atoms with Crippen molar-refractivity contribution >= 4 is 5.96 Å². The predicted molar refractivity (Wildman–Crippen MR) is 79.2 cm³/mol. The summed E-state index contributed by atoms with van der Waals surface area (Å²) in [7, 11) is 0. The highest BCUT2D eigenvalue weighted by Gasteiger charge is 2.32. The smallest absolute Gasteiger partial charge is 0.189 e. The quantitative estimate of drug-likeness (QED) is 0.658. The molecule has 0 aromatic heterocycles. The van der Waals surface area contributed by atoms with Gasteiger partial charge >= 0.3 is 0 Å². The minimum atomic E-state index is -0.0939. The number of halogens is 1. The van der Waals surface area contributed by atoms with E-state index in [0.717, 1.165) is 31.2 Å². The molecule has 3 N–H and O–H groups in total. The molecule has 2 saturated carbocycles. The first-order chi connectivity index (χ1) is 9.72. The fourth-order valence-electron chi connectivity index (χ4n) is 3.27. The maximum Gasteiger partial charge on any atom is 0.189 e. The van der Waals surface area contributed by atoms with Crippen molar-refractivity contribution in [1.82, 2.24) is 5.32 Å². The first-order valence-corrected chi connectivity index (χ1v) is 7.56. The highest BCUT2D eigenvalue weighted by atomic mass is 19.1. The summed E-state index contributed by atoms with van der Waals surface area (Å²) in [6, 6.07) is 7.79. The van der Waals surface area contributed by atoms with Crippen molar-refractivity contribution in [2.45, 2.75) is 56.5 Å². The first-order valence-electron chi connectivity index (χ1n) is 7.56. The summed E-state index contributed by atoms with van der Waals surface area (Å²) in [6.45, 7) is 0. The summed E-state index contributed by atoms with van der Waals surface area (Å²) in [5.41, 5.74) is 6.77. The Labute approximate surface area is 119 Å².